The van der Waals surface area contributed by atoms with Gasteiger partial charge in [0.15, 0.2) is 23.0 Å². The Balaban J connectivity index is 1.80. The van der Waals surface area contributed by atoms with E-state index in [2.05, 4.69) is 25.5 Å². The minimum absolute atomic E-state index is 0.271. The molecule has 0 aliphatic rings. The molecule has 10 heteroatoms. The van der Waals surface area contributed by atoms with Crippen LogP contribution in [0.3, 0.4) is 0 Å². The fourth-order valence-electron chi connectivity index (χ4n) is 2.34. The molecular weight excluding hydrogens is 344 g/mol. The zero-order valence-corrected chi connectivity index (χ0v) is 12.8. The number of halogens is 2. The summed E-state index contributed by atoms with van der Waals surface area (Å²) in [6.45, 7) is 0. The van der Waals surface area contributed by atoms with E-state index in [4.69, 9.17) is 10.4 Å². The van der Waals surface area contributed by atoms with Crippen molar-refractivity contribution in [2.75, 3.05) is 0 Å². The van der Waals surface area contributed by atoms with Gasteiger partial charge in [-0.3, -0.25) is 0 Å². The predicted molar refractivity (Wildman–Crippen MR) is 85.2 cm³/mol. The summed E-state index contributed by atoms with van der Waals surface area (Å²) in [6, 6.07) is 8.08. The maximum absolute atomic E-state index is 13.7. The predicted octanol–water partition coefficient (Wildman–Crippen LogP) is 3.55. The molecule has 0 aliphatic carbocycles. The van der Waals surface area contributed by atoms with Gasteiger partial charge in [-0.25, -0.2) is 13.3 Å². The Bertz CT molecular complexity index is 1240. The normalized spacial score (nSPS) is 11.4. The highest BCUT2D eigenvalue weighted by Crippen LogP contribution is 2.28. The van der Waals surface area contributed by atoms with Gasteiger partial charge >= 0.3 is 0 Å². The Hall–Kier alpha value is -4.00. The first-order chi connectivity index (χ1) is 12.6. The number of phenolic OH excluding ortho intramolecular Hbond substituents is 1. The number of azo groups is 1. The maximum Gasteiger partial charge on any atom is 0.195 e. The molecule has 0 aliphatic heterocycles. The lowest BCUT2D eigenvalue weighted by Gasteiger charge is -2.01. The second-order valence-electron chi connectivity index (χ2n) is 5.23. The number of aromatic nitrogens is 4. The van der Waals surface area contributed by atoms with Crippen molar-refractivity contribution in [1.29, 1.82) is 5.26 Å². The summed E-state index contributed by atoms with van der Waals surface area (Å²) in [5, 5.41) is 37.8. The number of phenols is 1. The number of hydrogen-bond donors (Lipinski definition) is 1. The molecule has 4 rings (SSSR count). The Morgan fingerprint density at radius 2 is 1.92 bits per heavy atom. The Kier molecular flexibility index (Phi) is 3.47. The monoisotopic (exact) mass is 351 g/mol. The van der Waals surface area contributed by atoms with Gasteiger partial charge in [0.05, 0.1) is 17.4 Å². The minimum Gasteiger partial charge on any atom is -0.505 e. The molecule has 0 saturated carbocycles. The van der Waals surface area contributed by atoms with Gasteiger partial charge in [0, 0.05) is 12.1 Å². The van der Waals surface area contributed by atoms with E-state index in [1.807, 2.05) is 6.07 Å². The number of nitriles is 1. The average molecular weight is 351 g/mol. The van der Waals surface area contributed by atoms with Crippen LogP contribution in [-0.4, -0.2) is 24.9 Å². The van der Waals surface area contributed by atoms with Crippen molar-refractivity contribution in [3.8, 4) is 11.8 Å². The number of rotatable bonds is 2. The Morgan fingerprint density at radius 3 is 2.73 bits per heavy atom. The van der Waals surface area contributed by atoms with E-state index in [-0.39, 0.29) is 11.3 Å². The first-order valence-corrected chi connectivity index (χ1v) is 7.21. The molecule has 0 bridgehead atoms. The van der Waals surface area contributed by atoms with E-state index in [9.17, 15) is 8.78 Å². The zero-order valence-electron chi connectivity index (χ0n) is 12.8. The number of nitrogens with zero attached hydrogens (tertiary/aromatic N) is 7. The van der Waals surface area contributed by atoms with Gasteiger partial charge in [0.2, 0.25) is 0 Å². The van der Waals surface area contributed by atoms with E-state index in [1.54, 1.807) is 18.2 Å². The van der Waals surface area contributed by atoms with Crippen LogP contribution in [0.2, 0.25) is 0 Å². The molecule has 1 N–H and O–H groups in total. The van der Waals surface area contributed by atoms with Crippen LogP contribution in [0.25, 0.3) is 16.7 Å². The third kappa shape index (κ3) is 2.48. The van der Waals surface area contributed by atoms with Crippen LogP contribution in [0.4, 0.5) is 20.2 Å². The summed E-state index contributed by atoms with van der Waals surface area (Å²) < 4.78 is 28.5. The van der Waals surface area contributed by atoms with E-state index in [0.29, 0.717) is 28.4 Å². The topological polar surface area (TPSA) is 112 Å². The lowest BCUT2D eigenvalue weighted by molar-refractivity contribution is 0.427. The number of benzene rings is 2. The van der Waals surface area contributed by atoms with Crippen LogP contribution in [0.5, 0.6) is 5.75 Å². The van der Waals surface area contributed by atoms with Gasteiger partial charge < -0.3 is 5.11 Å². The maximum atomic E-state index is 13.7. The summed E-state index contributed by atoms with van der Waals surface area (Å²) in [7, 11) is 0. The van der Waals surface area contributed by atoms with Gasteiger partial charge in [0.25, 0.3) is 0 Å². The molecule has 0 saturated heterocycles. The second kappa shape index (κ2) is 5.82. The highest BCUT2D eigenvalue weighted by molar-refractivity contribution is 5.80. The van der Waals surface area contributed by atoms with Crippen LogP contribution >= 0.6 is 0 Å². The van der Waals surface area contributed by atoms with Gasteiger partial charge in [0.1, 0.15) is 22.8 Å². The van der Waals surface area contributed by atoms with Crippen molar-refractivity contribution in [3.05, 3.63) is 53.7 Å². The van der Waals surface area contributed by atoms with Gasteiger partial charge in [-0.15, -0.1) is 15.3 Å². The largest absolute Gasteiger partial charge is 0.505 e. The van der Waals surface area contributed by atoms with E-state index in [0.717, 1.165) is 6.07 Å². The molecule has 0 unspecified atom stereocenters. The SMILES string of the molecule is N#Cc1cnn2c1nnc1ccc(/N=N/c3cc(F)c(O)cc3F)cc12. The standard InChI is InChI=1S/C16H7F2N7O/c17-10-5-15(26)11(18)4-13(10)23-21-9-1-2-12-14(3-9)25-16(24-22-12)8(6-19)7-20-25/h1-5,7,26H/b23-21+. The zero-order chi connectivity index (χ0) is 18.3. The molecule has 2 aromatic heterocycles. The number of hydrogen-bond acceptors (Lipinski definition) is 7. The van der Waals surface area contributed by atoms with Gasteiger partial charge in [-0.2, -0.15) is 15.5 Å². The summed E-state index contributed by atoms with van der Waals surface area (Å²) in [5.74, 6) is -2.72. The molecule has 26 heavy (non-hydrogen) atoms. The first-order valence-electron chi connectivity index (χ1n) is 7.21. The van der Waals surface area contributed by atoms with Crippen molar-refractivity contribution in [2.24, 2.45) is 10.2 Å². The highest BCUT2D eigenvalue weighted by atomic mass is 19.1. The third-order valence-electron chi connectivity index (χ3n) is 3.59. The summed E-state index contributed by atoms with van der Waals surface area (Å²) in [4.78, 5) is 0. The third-order valence-corrected chi connectivity index (χ3v) is 3.59. The molecule has 0 atom stereocenters. The highest BCUT2D eigenvalue weighted by Gasteiger charge is 2.11. The fraction of sp³-hybridized carbons (Fsp3) is 0. The van der Waals surface area contributed by atoms with Crippen LogP contribution in [0, 0.1) is 23.0 Å². The average Bonchev–Trinajstić information content (AvgIpc) is 3.07. The number of aromatic hydroxyl groups is 1. The van der Waals surface area contributed by atoms with Crippen LogP contribution in [-0.2, 0) is 0 Å². The molecule has 126 valence electrons. The first kappa shape index (κ1) is 15.5. The lowest BCUT2D eigenvalue weighted by Crippen LogP contribution is -1.96. The molecule has 4 aromatic rings. The van der Waals surface area contributed by atoms with Crippen molar-refractivity contribution >= 4 is 28.1 Å². The molecule has 0 spiro atoms. The lowest BCUT2D eigenvalue weighted by atomic mass is 10.2. The van der Waals surface area contributed by atoms with Crippen LogP contribution in [0.15, 0.2) is 46.8 Å². The van der Waals surface area contributed by atoms with Crippen molar-refractivity contribution in [2.45, 2.75) is 0 Å². The van der Waals surface area contributed by atoms with Gasteiger partial charge in [-0.1, -0.05) is 0 Å². The van der Waals surface area contributed by atoms with Crippen LogP contribution in [0.1, 0.15) is 5.56 Å². The smallest absolute Gasteiger partial charge is 0.195 e. The van der Waals surface area contributed by atoms with E-state index < -0.39 is 17.4 Å². The molecule has 2 aromatic carbocycles. The second-order valence-corrected chi connectivity index (χ2v) is 5.23. The van der Waals surface area contributed by atoms with Gasteiger partial charge in [-0.05, 0) is 18.2 Å². The van der Waals surface area contributed by atoms with Crippen molar-refractivity contribution in [1.82, 2.24) is 19.8 Å². The summed E-state index contributed by atoms with van der Waals surface area (Å²) in [5.41, 5.74) is 1.56. The Labute approximate surface area is 143 Å². The molecular formula is C16H7F2N7O. The summed E-state index contributed by atoms with van der Waals surface area (Å²) in [6.07, 6.45) is 1.37. The van der Waals surface area contributed by atoms with E-state index >= 15 is 0 Å². The molecule has 0 amide bonds. The van der Waals surface area contributed by atoms with Crippen LogP contribution < -0.4 is 0 Å². The Morgan fingerprint density at radius 1 is 1.08 bits per heavy atom. The minimum atomic E-state index is -1.00. The molecule has 2 heterocycles. The number of fused-ring (bicyclic) bond motifs is 3. The fourth-order valence-corrected chi connectivity index (χ4v) is 2.34. The molecule has 8 nitrogen and oxygen atoms in total. The molecule has 0 fully saturated rings. The quantitative estimate of drug-likeness (QED) is 0.555. The molecule has 0 radical (unpaired) electrons. The summed E-state index contributed by atoms with van der Waals surface area (Å²) >= 11 is 0. The van der Waals surface area contributed by atoms with Crippen molar-refractivity contribution in [3.63, 3.8) is 0 Å². The van der Waals surface area contributed by atoms with Crippen molar-refractivity contribution < 1.29 is 13.9 Å². The van der Waals surface area contributed by atoms with E-state index in [1.165, 1.54) is 10.7 Å².